The maximum Gasteiger partial charge on any atom is 0.416 e. The largest absolute Gasteiger partial charge is 0.416 e. The van der Waals surface area contributed by atoms with Gasteiger partial charge in [-0.05, 0) is 23.3 Å². The maximum atomic E-state index is 13.1. The monoisotopic (exact) mass is 347 g/mol. The topological polar surface area (TPSA) is 43.1 Å². The van der Waals surface area contributed by atoms with Crippen molar-refractivity contribution in [3.63, 3.8) is 0 Å². The summed E-state index contributed by atoms with van der Waals surface area (Å²) in [4.78, 5) is 11.7. The number of carbonyl (C=O) groups is 1. The molecule has 2 N–H and O–H groups in total. The summed E-state index contributed by atoms with van der Waals surface area (Å²) in [5.74, 6) is -3.18. The summed E-state index contributed by atoms with van der Waals surface area (Å²) in [6.07, 6.45) is -9.67. The molecule has 0 aliphatic heterocycles. The van der Waals surface area contributed by atoms with Gasteiger partial charge in [0.2, 0.25) is 5.91 Å². The molecule has 0 fully saturated rings. The van der Waals surface area contributed by atoms with Gasteiger partial charge in [0.25, 0.3) is 0 Å². The molecular formula is C16H11F6NO. The van der Waals surface area contributed by atoms with Gasteiger partial charge in [0, 0.05) is 0 Å². The number of amides is 1. The summed E-state index contributed by atoms with van der Waals surface area (Å²) in [6, 6.07) is 7.87. The summed E-state index contributed by atoms with van der Waals surface area (Å²) in [5.41, 5.74) is 1.51. The second-order valence-electron chi connectivity index (χ2n) is 5.01. The number of benzene rings is 2. The van der Waals surface area contributed by atoms with E-state index in [1.807, 2.05) is 0 Å². The fourth-order valence-electron chi connectivity index (χ4n) is 2.49. The minimum atomic E-state index is -4.84. The van der Waals surface area contributed by atoms with E-state index in [2.05, 4.69) is 0 Å². The summed E-state index contributed by atoms with van der Waals surface area (Å²) >= 11 is 0. The Morgan fingerprint density at radius 3 is 1.38 bits per heavy atom. The van der Waals surface area contributed by atoms with Crippen molar-refractivity contribution in [2.24, 2.45) is 5.73 Å². The van der Waals surface area contributed by atoms with E-state index in [1.165, 1.54) is 12.1 Å². The van der Waals surface area contributed by atoms with E-state index >= 15 is 0 Å². The molecule has 2 rings (SSSR count). The van der Waals surface area contributed by atoms with Crippen LogP contribution in [0.1, 0.15) is 28.2 Å². The first-order chi connectivity index (χ1) is 11.0. The van der Waals surface area contributed by atoms with Gasteiger partial charge in [-0.2, -0.15) is 26.3 Å². The van der Waals surface area contributed by atoms with Gasteiger partial charge in [-0.15, -0.1) is 0 Å². The standard InChI is InChI=1S/C16H11F6NO/c17-15(18,19)11-7-3-1-5-9(11)13(14(23)24)10-6-2-4-8-12(10)16(20,21)22/h1-8,13H,(H2,23,24). The Morgan fingerprint density at radius 1 is 0.750 bits per heavy atom. The lowest BCUT2D eigenvalue weighted by Gasteiger charge is -2.22. The smallest absolute Gasteiger partial charge is 0.369 e. The van der Waals surface area contributed by atoms with Crippen LogP contribution in [-0.4, -0.2) is 5.91 Å². The molecule has 0 aliphatic rings. The van der Waals surface area contributed by atoms with Gasteiger partial charge in [0.15, 0.2) is 0 Å². The highest BCUT2D eigenvalue weighted by Crippen LogP contribution is 2.41. The van der Waals surface area contributed by atoms with Crippen LogP contribution in [0.3, 0.4) is 0 Å². The van der Waals surface area contributed by atoms with Crippen molar-refractivity contribution < 1.29 is 31.1 Å². The number of alkyl halides is 6. The Hall–Kier alpha value is -2.51. The van der Waals surface area contributed by atoms with Crippen LogP contribution in [0.25, 0.3) is 0 Å². The molecule has 0 saturated carbocycles. The molecule has 8 heteroatoms. The molecule has 0 saturated heterocycles. The zero-order chi connectivity index (χ0) is 18.1. The molecule has 0 atom stereocenters. The van der Waals surface area contributed by atoms with E-state index < -0.39 is 46.4 Å². The average Bonchev–Trinajstić information content (AvgIpc) is 2.46. The summed E-state index contributed by atoms with van der Waals surface area (Å²) < 4.78 is 78.9. The molecule has 0 bridgehead atoms. The SMILES string of the molecule is NC(=O)C(c1ccccc1C(F)(F)F)c1ccccc1C(F)(F)F. The predicted molar refractivity (Wildman–Crippen MR) is 73.9 cm³/mol. The third-order valence-electron chi connectivity index (χ3n) is 3.44. The second-order valence-corrected chi connectivity index (χ2v) is 5.01. The number of nitrogens with two attached hydrogens (primary N) is 1. The quantitative estimate of drug-likeness (QED) is 0.825. The molecule has 0 spiro atoms. The van der Waals surface area contributed by atoms with E-state index in [0.717, 1.165) is 24.3 Å². The van der Waals surface area contributed by atoms with Crippen molar-refractivity contribution in [2.75, 3.05) is 0 Å². The number of hydrogen-bond donors (Lipinski definition) is 1. The Morgan fingerprint density at radius 2 is 1.08 bits per heavy atom. The van der Waals surface area contributed by atoms with Crippen LogP contribution in [-0.2, 0) is 17.1 Å². The molecule has 0 aromatic heterocycles. The molecule has 0 heterocycles. The van der Waals surface area contributed by atoms with Crippen molar-refractivity contribution in [3.05, 3.63) is 70.8 Å². The van der Waals surface area contributed by atoms with Crippen molar-refractivity contribution in [2.45, 2.75) is 18.3 Å². The van der Waals surface area contributed by atoms with Crippen molar-refractivity contribution in [3.8, 4) is 0 Å². The average molecular weight is 347 g/mol. The number of hydrogen-bond acceptors (Lipinski definition) is 1. The number of halogens is 6. The molecule has 2 aromatic rings. The van der Waals surface area contributed by atoms with Crippen LogP contribution in [0.4, 0.5) is 26.3 Å². The summed E-state index contributed by atoms with van der Waals surface area (Å²) in [7, 11) is 0. The van der Waals surface area contributed by atoms with Crippen LogP contribution < -0.4 is 5.73 Å². The fourth-order valence-corrected chi connectivity index (χ4v) is 2.49. The number of primary amides is 1. The molecular weight excluding hydrogens is 336 g/mol. The summed E-state index contributed by atoms with van der Waals surface area (Å²) in [6.45, 7) is 0. The summed E-state index contributed by atoms with van der Waals surface area (Å²) in [5, 5.41) is 0. The zero-order valence-electron chi connectivity index (χ0n) is 11.9. The second kappa shape index (κ2) is 6.18. The highest BCUT2D eigenvalue weighted by molar-refractivity contribution is 5.86. The predicted octanol–water partition coefficient (Wildman–Crippen LogP) is 4.34. The first-order valence-electron chi connectivity index (χ1n) is 6.65. The molecule has 0 radical (unpaired) electrons. The van der Waals surface area contributed by atoms with Gasteiger partial charge in [-0.1, -0.05) is 36.4 Å². The molecule has 2 aromatic carbocycles. The van der Waals surface area contributed by atoms with Crippen molar-refractivity contribution in [1.82, 2.24) is 0 Å². The number of rotatable bonds is 3. The Labute approximate surface area is 132 Å². The third kappa shape index (κ3) is 3.52. The van der Waals surface area contributed by atoms with Crippen LogP contribution in [0.15, 0.2) is 48.5 Å². The first kappa shape index (κ1) is 17.8. The van der Waals surface area contributed by atoms with E-state index in [9.17, 15) is 31.1 Å². The lowest BCUT2D eigenvalue weighted by Crippen LogP contribution is -2.27. The Balaban J connectivity index is 2.74. The fraction of sp³-hybridized carbons (Fsp3) is 0.188. The lowest BCUT2D eigenvalue weighted by molar-refractivity contribution is -0.138. The molecule has 128 valence electrons. The minimum absolute atomic E-state index is 0.616. The molecule has 2 nitrogen and oxygen atoms in total. The Kier molecular flexibility index (Phi) is 4.59. The van der Waals surface area contributed by atoms with Gasteiger partial charge in [0.05, 0.1) is 17.0 Å². The van der Waals surface area contributed by atoms with Gasteiger partial charge >= 0.3 is 12.4 Å². The first-order valence-corrected chi connectivity index (χ1v) is 6.65. The highest BCUT2D eigenvalue weighted by atomic mass is 19.4. The van der Waals surface area contributed by atoms with Crippen LogP contribution >= 0.6 is 0 Å². The zero-order valence-corrected chi connectivity index (χ0v) is 11.9. The van der Waals surface area contributed by atoms with E-state index in [1.54, 1.807) is 0 Å². The molecule has 0 unspecified atom stereocenters. The van der Waals surface area contributed by atoms with E-state index in [0.29, 0.717) is 12.1 Å². The van der Waals surface area contributed by atoms with Crippen molar-refractivity contribution >= 4 is 5.91 Å². The van der Waals surface area contributed by atoms with Gasteiger partial charge in [-0.25, -0.2) is 0 Å². The lowest BCUT2D eigenvalue weighted by atomic mass is 9.84. The normalized spacial score (nSPS) is 12.5. The number of carbonyl (C=O) groups excluding carboxylic acids is 1. The maximum absolute atomic E-state index is 13.1. The minimum Gasteiger partial charge on any atom is -0.369 e. The van der Waals surface area contributed by atoms with Gasteiger partial charge in [0.1, 0.15) is 0 Å². The van der Waals surface area contributed by atoms with Gasteiger partial charge < -0.3 is 5.73 Å². The van der Waals surface area contributed by atoms with Crippen LogP contribution in [0.2, 0.25) is 0 Å². The molecule has 24 heavy (non-hydrogen) atoms. The van der Waals surface area contributed by atoms with Gasteiger partial charge in [-0.3, -0.25) is 4.79 Å². The van der Waals surface area contributed by atoms with Crippen LogP contribution in [0.5, 0.6) is 0 Å². The van der Waals surface area contributed by atoms with E-state index in [4.69, 9.17) is 5.73 Å². The molecule has 0 aliphatic carbocycles. The highest BCUT2D eigenvalue weighted by Gasteiger charge is 2.40. The van der Waals surface area contributed by atoms with Crippen LogP contribution in [0, 0.1) is 0 Å². The van der Waals surface area contributed by atoms with Crippen molar-refractivity contribution in [1.29, 1.82) is 0 Å². The Bertz CT molecular complexity index is 693. The van der Waals surface area contributed by atoms with E-state index in [-0.39, 0.29) is 0 Å². The molecule has 1 amide bonds. The third-order valence-corrected chi connectivity index (χ3v) is 3.44.